The average Bonchev–Trinajstić information content (AvgIpc) is 2.77. The van der Waals surface area contributed by atoms with Gasteiger partial charge >= 0.3 is 5.97 Å². The van der Waals surface area contributed by atoms with Crippen LogP contribution in [0.2, 0.25) is 0 Å². The van der Waals surface area contributed by atoms with E-state index in [1.807, 2.05) is 31.2 Å². The van der Waals surface area contributed by atoms with Gasteiger partial charge in [-0.25, -0.2) is 4.79 Å². The summed E-state index contributed by atoms with van der Waals surface area (Å²) in [5, 5.41) is 2.52. The van der Waals surface area contributed by atoms with E-state index < -0.39 is 17.9 Å². The lowest BCUT2D eigenvalue weighted by Gasteiger charge is -2.08. The normalized spacial score (nSPS) is 17.6. The molecule has 1 fully saturated rings. The van der Waals surface area contributed by atoms with Crippen LogP contribution in [0.5, 0.6) is 0 Å². The first-order valence-corrected chi connectivity index (χ1v) is 6.58. The fraction of sp³-hybridized carbons (Fsp3) is 0.400. The van der Waals surface area contributed by atoms with Crippen molar-refractivity contribution in [1.29, 1.82) is 0 Å². The minimum Gasteiger partial charge on any atom is -0.464 e. The van der Waals surface area contributed by atoms with Crippen LogP contribution in [0.15, 0.2) is 24.3 Å². The summed E-state index contributed by atoms with van der Waals surface area (Å²) in [6, 6.07) is 7.00. The number of ether oxygens (including phenoxy) is 1. The largest absolute Gasteiger partial charge is 0.464 e. The molecule has 0 saturated carbocycles. The first-order valence-electron chi connectivity index (χ1n) is 6.58. The van der Waals surface area contributed by atoms with Crippen molar-refractivity contribution in [2.24, 2.45) is 0 Å². The molecular formula is C15H17NO4. The summed E-state index contributed by atoms with van der Waals surface area (Å²) >= 11 is 0. The lowest BCUT2D eigenvalue weighted by atomic mass is 10.1. The average molecular weight is 275 g/mol. The van der Waals surface area contributed by atoms with E-state index in [9.17, 15) is 14.4 Å². The van der Waals surface area contributed by atoms with Gasteiger partial charge in [0.1, 0.15) is 11.8 Å². The molecule has 0 spiro atoms. The van der Waals surface area contributed by atoms with E-state index in [1.165, 1.54) is 0 Å². The quantitative estimate of drug-likeness (QED) is 0.641. The summed E-state index contributed by atoms with van der Waals surface area (Å²) < 4.78 is 4.74. The number of nitrogens with one attached hydrogen (secondary N) is 1. The number of rotatable bonds is 5. The highest BCUT2D eigenvalue weighted by molar-refractivity contribution is 6.00. The number of carbonyl (C=O) groups is 3. The summed E-state index contributed by atoms with van der Waals surface area (Å²) in [6.07, 6.45) is 0.483. The SMILES string of the molecule is Cc1ccc(CC(=O)CC(=O)N[C@H]2CCOC2=O)cc1. The van der Waals surface area contributed by atoms with Crippen LogP contribution < -0.4 is 5.32 Å². The monoisotopic (exact) mass is 275 g/mol. The molecule has 0 aromatic heterocycles. The number of hydrogen-bond acceptors (Lipinski definition) is 4. The Morgan fingerprint density at radius 1 is 1.30 bits per heavy atom. The third kappa shape index (κ3) is 3.91. The van der Waals surface area contributed by atoms with Crippen molar-refractivity contribution < 1.29 is 19.1 Å². The third-order valence-corrected chi connectivity index (χ3v) is 3.15. The molecule has 1 aliphatic rings. The highest BCUT2D eigenvalue weighted by Crippen LogP contribution is 2.07. The Balaban J connectivity index is 1.80. The van der Waals surface area contributed by atoms with E-state index in [0.29, 0.717) is 13.0 Å². The third-order valence-electron chi connectivity index (χ3n) is 3.15. The summed E-state index contributed by atoms with van der Waals surface area (Å²) in [4.78, 5) is 34.6. The van der Waals surface area contributed by atoms with Gasteiger partial charge in [-0.05, 0) is 12.5 Å². The summed E-state index contributed by atoms with van der Waals surface area (Å²) in [5.41, 5.74) is 2.01. The number of carbonyl (C=O) groups excluding carboxylic acids is 3. The molecule has 1 saturated heterocycles. The Morgan fingerprint density at radius 3 is 2.60 bits per heavy atom. The van der Waals surface area contributed by atoms with E-state index in [4.69, 9.17) is 4.74 Å². The molecule has 20 heavy (non-hydrogen) atoms. The molecule has 0 unspecified atom stereocenters. The van der Waals surface area contributed by atoms with Crippen molar-refractivity contribution in [1.82, 2.24) is 5.32 Å². The molecule has 106 valence electrons. The number of esters is 1. The van der Waals surface area contributed by atoms with Crippen LogP contribution >= 0.6 is 0 Å². The van der Waals surface area contributed by atoms with Crippen LogP contribution in [0, 0.1) is 6.92 Å². The Kier molecular flexibility index (Phi) is 4.50. The van der Waals surface area contributed by atoms with Gasteiger partial charge < -0.3 is 10.1 Å². The van der Waals surface area contributed by atoms with Gasteiger partial charge in [-0.2, -0.15) is 0 Å². The Labute approximate surface area is 117 Å². The Morgan fingerprint density at radius 2 is 2.00 bits per heavy atom. The van der Waals surface area contributed by atoms with Crippen LogP contribution in [0.25, 0.3) is 0 Å². The molecule has 5 nitrogen and oxygen atoms in total. The molecular weight excluding hydrogens is 258 g/mol. The van der Waals surface area contributed by atoms with Gasteiger partial charge in [0.25, 0.3) is 0 Å². The molecule has 2 rings (SSSR count). The lowest BCUT2D eigenvalue weighted by molar-refractivity contribution is -0.141. The molecule has 0 radical (unpaired) electrons. The maximum atomic E-state index is 11.8. The van der Waals surface area contributed by atoms with Gasteiger partial charge in [-0.15, -0.1) is 0 Å². The van der Waals surface area contributed by atoms with Crippen LogP contribution in [0.4, 0.5) is 0 Å². The maximum absolute atomic E-state index is 11.8. The molecule has 1 N–H and O–H groups in total. The van der Waals surface area contributed by atoms with Gasteiger partial charge in [0.15, 0.2) is 0 Å². The number of amides is 1. The smallest absolute Gasteiger partial charge is 0.328 e. The number of hydrogen-bond donors (Lipinski definition) is 1. The fourth-order valence-electron chi connectivity index (χ4n) is 2.05. The van der Waals surface area contributed by atoms with Crippen molar-refractivity contribution >= 4 is 17.7 Å². The first-order chi connectivity index (χ1) is 9.54. The zero-order chi connectivity index (χ0) is 14.5. The fourth-order valence-corrected chi connectivity index (χ4v) is 2.05. The minimum atomic E-state index is -0.602. The first kappa shape index (κ1) is 14.2. The number of ketones is 1. The highest BCUT2D eigenvalue weighted by Gasteiger charge is 2.28. The van der Waals surface area contributed by atoms with E-state index in [0.717, 1.165) is 11.1 Å². The van der Waals surface area contributed by atoms with Crippen LogP contribution in [0.1, 0.15) is 24.0 Å². The molecule has 1 heterocycles. The molecule has 1 atom stereocenters. The summed E-state index contributed by atoms with van der Waals surface area (Å²) in [5.74, 6) is -1.02. The van der Waals surface area contributed by atoms with Crippen LogP contribution in [-0.4, -0.2) is 30.3 Å². The topological polar surface area (TPSA) is 72.5 Å². The van der Waals surface area contributed by atoms with Crippen LogP contribution in [-0.2, 0) is 25.5 Å². The standard InChI is InChI=1S/C15H17NO4/c1-10-2-4-11(5-3-10)8-12(17)9-14(18)16-13-6-7-20-15(13)19/h2-5,13H,6-9H2,1H3,(H,16,18)/t13-/m0/s1. The minimum absolute atomic E-state index is 0.169. The molecule has 0 aliphatic carbocycles. The van der Waals surface area contributed by atoms with Crippen LogP contribution in [0.3, 0.4) is 0 Å². The number of aryl methyl sites for hydroxylation is 1. The molecule has 1 amide bonds. The van der Waals surface area contributed by atoms with Crippen molar-refractivity contribution in [3.05, 3.63) is 35.4 Å². The van der Waals surface area contributed by atoms with Crippen molar-refractivity contribution in [2.45, 2.75) is 32.2 Å². The van der Waals surface area contributed by atoms with Crippen molar-refractivity contribution in [3.8, 4) is 0 Å². The summed E-state index contributed by atoms with van der Waals surface area (Å²) in [6.45, 7) is 2.29. The highest BCUT2D eigenvalue weighted by atomic mass is 16.5. The molecule has 5 heteroatoms. The molecule has 0 bridgehead atoms. The van der Waals surface area contributed by atoms with E-state index in [1.54, 1.807) is 0 Å². The Hall–Kier alpha value is -2.17. The second kappa shape index (κ2) is 6.32. The Bertz CT molecular complexity index is 521. The van der Waals surface area contributed by atoms with E-state index in [2.05, 4.69) is 5.32 Å². The van der Waals surface area contributed by atoms with Gasteiger partial charge in [-0.3, -0.25) is 9.59 Å². The van der Waals surface area contributed by atoms with Gasteiger partial charge in [0.2, 0.25) is 5.91 Å². The van der Waals surface area contributed by atoms with E-state index >= 15 is 0 Å². The molecule has 1 aromatic rings. The van der Waals surface area contributed by atoms with Crippen molar-refractivity contribution in [3.63, 3.8) is 0 Å². The molecule has 1 aromatic carbocycles. The predicted octanol–water partition coefficient (Wildman–Crippen LogP) is 0.928. The number of benzene rings is 1. The van der Waals surface area contributed by atoms with E-state index in [-0.39, 0.29) is 18.6 Å². The predicted molar refractivity (Wildman–Crippen MR) is 72.0 cm³/mol. The van der Waals surface area contributed by atoms with Gasteiger partial charge in [0.05, 0.1) is 13.0 Å². The number of Topliss-reactive ketones (excluding diaryl/α,β-unsaturated/α-hetero) is 1. The number of cyclic esters (lactones) is 1. The zero-order valence-corrected chi connectivity index (χ0v) is 11.3. The van der Waals surface area contributed by atoms with Gasteiger partial charge in [-0.1, -0.05) is 29.8 Å². The second-order valence-corrected chi connectivity index (χ2v) is 4.95. The van der Waals surface area contributed by atoms with Crippen molar-refractivity contribution in [2.75, 3.05) is 6.61 Å². The lowest BCUT2D eigenvalue weighted by Crippen LogP contribution is -2.38. The molecule has 1 aliphatic heterocycles. The second-order valence-electron chi connectivity index (χ2n) is 4.95. The summed E-state index contributed by atoms with van der Waals surface area (Å²) in [7, 11) is 0. The zero-order valence-electron chi connectivity index (χ0n) is 11.3. The van der Waals surface area contributed by atoms with Gasteiger partial charge in [0, 0.05) is 12.8 Å². The maximum Gasteiger partial charge on any atom is 0.328 e.